The molecule has 0 heterocycles. The quantitative estimate of drug-likeness (QED) is 0.890. The standard InChI is InChI=1S/C14H20N2O2/c15-10-11-16(12-6-4-5-7-12)14(17)18-13-8-2-1-3-9-13/h1-3,8-9,12H,4-7,10-11,15H2. The Balaban J connectivity index is 1.99. The first-order chi connectivity index (χ1) is 8.81. The van der Waals surface area contributed by atoms with Crippen molar-refractivity contribution in [1.82, 2.24) is 4.90 Å². The van der Waals surface area contributed by atoms with Crippen LogP contribution < -0.4 is 10.5 Å². The van der Waals surface area contributed by atoms with Crippen LogP contribution in [-0.4, -0.2) is 30.1 Å². The molecule has 0 aromatic heterocycles. The Morgan fingerprint density at radius 1 is 1.28 bits per heavy atom. The predicted molar refractivity (Wildman–Crippen MR) is 70.5 cm³/mol. The average Bonchev–Trinajstić information content (AvgIpc) is 2.90. The molecule has 18 heavy (non-hydrogen) atoms. The highest BCUT2D eigenvalue weighted by atomic mass is 16.6. The van der Waals surface area contributed by atoms with E-state index in [0.717, 1.165) is 12.8 Å². The van der Waals surface area contributed by atoms with E-state index in [0.29, 0.717) is 24.9 Å². The van der Waals surface area contributed by atoms with Crippen molar-refractivity contribution in [2.24, 2.45) is 5.73 Å². The average molecular weight is 248 g/mol. The molecule has 98 valence electrons. The molecule has 1 amide bonds. The van der Waals surface area contributed by atoms with E-state index < -0.39 is 0 Å². The van der Waals surface area contributed by atoms with Crippen molar-refractivity contribution >= 4 is 6.09 Å². The summed E-state index contributed by atoms with van der Waals surface area (Å²) in [5.74, 6) is 0.586. The van der Waals surface area contributed by atoms with Gasteiger partial charge in [-0.1, -0.05) is 31.0 Å². The van der Waals surface area contributed by atoms with E-state index in [-0.39, 0.29) is 6.09 Å². The van der Waals surface area contributed by atoms with Crippen molar-refractivity contribution in [3.63, 3.8) is 0 Å². The van der Waals surface area contributed by atoms with Gasteiger partial charge < -0.3 is 15.4 Å². The lowest BCUT2D eigenvalue weighted by Gasteiger charge is -2.27. The van der Waals surface area contributed by atoms with E-state index >= 15 is 0 Å². The molecule has 1 aromatic carbocycles. The second-order valence-electron chi connectivity index (χ2n) is 4.60. The summed E-state index contributed by atoms with van der Waals surface area (Å²) in [6.07, 6.45) is 4.21. The Morgan fingerprint density at radius 3 is 2.56 bits per heavy atom. The van der Waals surface area contributed by atoms with Gasteiger partial charge in [0.1, 0.15) is 5.75 Å². The SMILES string of the molecule is NCCN(C(=O)Oc1ccccc1)C1CCCC1. The molecule has 0 atom stereocenters. The van der Waals surface area contributed by atoms with Gasteiger partial charge in [0, 0.05) is 19.1 Å². The van der Waals surface area contributed by atoms with E-state index in [9.17, 15) is 4.79 Å². The zero-order valence-electron chi connectivity index (χ0n) is 10.5. The fraction of sp³-hybridized carbons (Fsp3) is 0.500. The Bertz CT molecular complexity index is 375. The van der Waals surface area contributed by atoms with Crippen LogP contribution in [0.15, 0.2) is 30.3 Å². The second kappa shape index (κ2) is 6.40. The number of nitrogens with two attached hydrogens (primary N) is 1. The molecule has 4 nitrogen and oxygen atoms in total. The molecule has 0 radical (unpaired) electrons. The number of ether oxygens (including phenoxy) is 1. The van der Waals surface area contributed by atoms with Crippen molar-refractivity contribution in [3.05, 3.63) is 30.3 Å². The number of hydrogen-bond acceptors (Lipinski definition) is 3. The first-order valence-corrected chi connectivity index (χ1v) is 6.55. The van der Waals surface area contributed by atoms with E-state index in [1.807, 2.05) is 18.2 Å². The molecule has 0 spiro atoms. The molecule has 0 bridgehead atoms. The van der Waals surface area contributed by atoms with Crippen LogP contribution in [0.4, 0.5) is 4.79 Å². The molecule has 0 saturated heterocycles. The molecule has 0 unspecified atom stereocenters. The van der Waals surface area contributed by atoms with Gasteiger partial charge in [-0.05, 0) is 25.0 Å². The van der Waals surface area contributed by atoms with E-state index in [2.05, 4.69) is 0 Å². The Kier molecular flexibility index (Phi) is 4.59. The van der Waals surface area contributed by atoms with E-state index in [1.54, 1.807) is 17.0 Å². The molecule has 1 fully saturated rings. The van der Waals surface area contributed by atoms with Gasteiger partial charge in [0.05, 0.1) is 0 Å². The maximum atomic E-state index is 12.1. The lowest BCUT2D eigenvalue weighted by Crippen LogP contribution is -2.43. The van der Waals surface area contributed by atoms with Gasteiger partial charge in [0.25, 0.3) is 0 Å². The summed E-state index contributed by atoms with van der Waals surface area (Å²) in [4.78, 5) is 13.9. The highest BCUT2D eigenvalue weighted by molar-refractivity contribution is 5.71. The topological polar surface area (TPSA) is 55.6 Å². The second-order valence-corrected chi connectivity index (χ2v) is 4.60. The Labute approximate surface area is 108 Å². The summed E-state index contributed by atoms with van der Waals surface area (Å²) in [5, 5.41) is 0. The lowest BCUT2D eigenvalue weighted by molar-refractivity contribution is 0.133. The summed E-state index contributed by atoms with van der Waals surface area (Å²) < 4.78 is 5.37. The van der Waals surface area contributed by atoms with Gasteiger partial charge in [0.15, 0.2) is 0 Å². The van der Waals surface area contributed by atoms with Crippen LogP contribution in [0.25, 0.3) is 0 Å². The zero-order chi connectivity index (χ0) is 12.8. The third-order valence-corrected chi connectivity index (χ3v) is 3.32. The lowest BCUT2D eigenvalue weighted by atomic mass is 10.2. The van der Waals surface area contributed by atoms with Crippen molar-refractivity contribution in [2.45, 2.75) is 31.7 Å². The predicted octanol–water partition coefficient (Wildman–Crippen LogP) is 2.39. The number of carbonyl (C=O) groups excluding carboxylic acids is 1. The van der Waals surface area contributed by atoms with Crippen molar-refractivity contribution < 1.29 is 9.53 Å². The maximum Gasteiger partial charge on any atom is 0.415 e. The minimum atomic E-state index is -0.279. The fourth-order valence-electron chi connectivity index (χ4n) is 2.43. The van der Waals surface area contributed by atoms with Crippen molar-refractivity contribution in [2.75, 3.05) is 13.1 Å². The summed E-state index contributed by atoms with van der Waals surface area (Å²) >= 11 is 0. The van der Waals surface area contributed by atoms with Crippen molar-refractivity contribution in [1.29, 1.82) is 0 Å². The van der Waals surface area contributed by atoms with Crippen LogP contribution in [0, 0.1) is 0 Å². The number of rotatable bonds is 4. The zero-order valence-corrected chi connectivity index (χ0v) is 10.5. The molecule has 1 aliphatic carbocycles. The van der Waals surface area contributed by atoms with Crippen LogP contribution in [0.5, 0.6) is 5.75 Å². The first-order valence-electron chi connectivity index (χ1n) is 6.55. The number of nitrogens with zero attached hydrogens (tertiary/aromatic N) is 1. The molecule has 2 N–H and O–H groups in total. The number of para-hydroxylation sites is 1. The molecule has 4 heteroatoms. The maximum absolute atomic E-state index is 12.1. The van der Waals surface area contributed by atoms with Gasteiger partial charge in [-0.2, -0.15) is 0 Å². The normalized spacial score (nSPS) is 15.6. The largest absolute Gasteiger partial charge is 0.415 e. The van der Waals surface area contributed by atoms with Crippen LogP contribution in [-0.2, 0) is 0 Å². The smallest absolute Gasteiger partial charge is 0.410 e. The Morgan fingerprint density at radius 2 is 1.94 bits per heavy atom. The third kappa shape index (κ3) is 3.23. The van der Waals surface area contributed by atoms with Gasteiger partial charge in [0.2, 0.25) is 0 Å². The molecule has 1 aromatic rings. The summed E-state index contributed by atoms with van der Waals surface area (Å²) in [7, 11) is 0. The number of amides is 1. The highest BCUT2D eigenvalue weighted by Crippen LogP contribution is 2.24. The Hall–Kier alpha value is -1.55. The molecule has 0 aliphatic heterocycles. The molecular weight excluding hydrogens is 228 g/mol. The van der Waals surface area contributed by atoms with Gasteiger partial charge in [-0.3, -0.25) is 0 Å². The minimum absolute atomic E-state index is 0.279. The number of hydrogen-bond donors (Lipinski definition) is 1. The van der Waals surface area contributed by atoms with Crippen molar-refractivity contribution in [3.8, 4) is 5.75 Å². The third-order valence-electron chi connectivity index (χ3n) is 3.32. The van der Waals surface area contributed by atoms with E-state index in [4.69, 9.17) is 10.5 Å². The summed E-state index contributed by atoms with van der Waals surface area (Å²) in [6.45, 7) is 1.04. The molecule has 1 saturated carbocycles. The molecular formula is C14H20N2O2. The number of carbonyl (C=O) groups is 1. The van der Waals surface area contributed by atoms with Crippen LogP contribution in [0.3, 0.4) is 0 Å². The van der Waals surface area contributed by atoms with Crippen LogP contribution >= 0.6 is 0 Å². The van der Waals surface area contributed by atoms with Crippen LogP contribution in [0.2, 0.25) is 0 Å². The summed E-state index contributed by atoms with van der Waals surface area (Å²) in [6, 6.07) is 9.47. The monoisotopic (exact) mass is 248 g/mol. The van der Waals surface area contributed by atoms with Gasteiger partial charge >= 0.3 is 6.09 Å². The molecule has 2 rings (SSSR count). The minimum Gasteiger partial charge on any atom is -0.410 e. The van der Waals surface area contributed by atoms with E-state index in [1.165, 1.54) is 12.8 Å². The number of benzene rings is 1. The first kappa shape index (κ1) is 12.9. The van der Waals surface area contributed by atoms with Gasteiger partial charge in [-0.25, -0.2) is 4.79 Å². The molecule has 1 aliphatic rings. The van der Waals surface area contributed by atoms with Crippen LogP contribution in [0.1, 0.15) is 25.7 Å². The van der Waals surface area contributed by atoms with Gasteiger partial charge in [-0.15, -0.1) is 0 Å². The highest BCUT2D eigenvalue weighted by Gasteiger charge is 2.27. The summed E-state index contributed by atoms with van der Waals surface area (Å²) in [5.41, 5.74) is 5.58. The fourth-order valence-corrected chi connectivity index (χ4v) is 2.43.